The highest BCUT2D eigenvalue weighted by molar-refractivity contribution is 5.90. The minimum atomic E-state index is -1.25. The van der Waals surface area contributed by atoms with E-state index in [1.54, 1.807) is 0 Å². The average Bonchev–Trinajstić information content (AvgIpc) is 3.06. The van der Waals surface area contributed by atoms with E-state index in [1.165, 1.54) is 0 Å². The molecule has 124 valence electrons. The number of fused-ring (bicyclic) bond motifs is 4. The Labute approximate surface area is 144 Å². The van der Waals surface area contributed by atoms with Gasteiger partial charge in [0.1, 0.15) is 5.84 Å². The molecule has 1 fully saturated rings. The van der Waals surface area contributed by atoms with Crippen LogP contribution in [0.15, 0.2) is 82.4 Å². The fourth-order valence-electron chi connectivity index (χ4n) is 4.15. The third kappa shape index (κ3) is 1.64. The lowest BCUT2D eigenvalue weighted by Gasteiger charge is -2.41. The summed E-state index contributed by atoms with van der Waals surface area (Å²) in [5, 5.41) is 14.3. The van der Waals surface area contributed by atoms with E-state index < -0.39 is 11.6 Å². The summed E-state index contributed by atoms with van der Waals surface area (Å²) in [5.74, 6) is 1.64. The molecular formula is C19H17N4O2+. The maximum Gasteiger partial charge on any atom is 0.324 e. The van der Waals surface area contributed by atoms with Crippen LogP contribution in [-0.2, 0) is 5.41 Å². The second kappa shape index (κ2) is 4.77. The fourth-order valence-corrected chi connectivity index (χ4v) is 4.15. The Hall–Kier alpha value is -2.99. The number of aliphatic imine (C=N–C) groups is 1. The van der Waals surface area contributed by atoms with Gasteiger partial charge in [0.25, 0.3) is 6.67 Å². The van der Waals surface area contributed by atoms with Gasteiger partial charge in [-0.15, -0.1) is 0 Å². The van der Waals surface area contributed by atoms with Gasteiger partial charge in [0, 0.05) is 15.9 Å². The van der Waals surface area contributed by atoms with E-state index in [0.29, 0.717) is 4.76 Å². The molecule has 3 heterocycles. The first-order chi connectivity index (χ1) is 12.1. The molecule has 0 saturated carbocycles. The maximum absolute atomic E-state index is 12.5. The third-order valence-electron chi connectivity index (χ3n) is 5.31. The number of allylic oxidation sites excluding steroid dienone is 4. The predicted molar refractivity (Wildman–Crippen MR) is 93.0 cm³/mol. The fraction of sp³-hybridized carbons (Fsp3) is 0.211. The van der Waals surface area contributed by atoms with Crippen LogP contribution >= 0.6 is 0 Å². The normalized spacial score (nSPS) is 29.5. The van der Waals surface area contributed by atoms with Gasteiger partial charge in [-0.1, -0.05) is 48.6 Å². The summed E-state index contributed by atoms with van der Waals surface area (Å²) >= 11 is 0. The molecule has 3 aliphatic heterocycles. The van der Waals surface area contributed by atoms with Crippen molar-refractivity contribution in [3.8, 4) is 0 Å². The largest absolute Gasteiger partial charge is 0.333 e. The van der Waals surface area contributed by atoms with E-state index >= 15 is 0 Å². The molecule has 0 aromatic heterocycles. The van der Waals surface area contributed by atoms with Gasteiger partial charge in [0.2, 0.25) is 0 Å². The van der Waals surface area contributed by atoms with Crippen LogP contribution in [0.25, 0.3) is 0 Å². The average molecular weight is 333 g/mol. The van der Waals surface area contributed by atoms with Gasteiger partial charge >= 0.3 is 6.23 Å². The lowest BCUT2D eigenvalue weighted by atomic mass is 9.67. The number of aliphatic hydroxyl groups is 1. The van der Waals surface area contributed by atoms with E-state index in [2.05, 4.69) is 10.3 Å². The van der Waals surface area contributed by atoms with E-state index in [9.17, 15) is 10.0 Å². The summed E-state index contributed by atoms with van der Waals surface area (Å²) in [6.07, 6.45) is 6.71. The number of benzene rings is 1. The first-order valence-electron chi connectivity index (χ1n) is 8.25. The zero-order valence-corrected chi connectivity index (χ0v) is 13.7. The summed E-state index contributed by atoms with van der Waals surface area (Å²) in [7, 11) is 0. The topological polar surface area (TPSA) is 67.9 Å². The number of nitroso groups, excluding NO2 is 1. The van der Waals surface area contributed by atoms with E-state index in [4.69, 9.17) is 0 Å². The lowest BCUT2D eigenvalue weighted by molar-refractivity contribution is -0.646. The molecule has 4 aliphatic rings. The van der Waals surface area contributed by atoms with Crippen molar-refractivity contribution in [2.75, 3.05) is 6.67 Å². The number of nitrogens with zero attached hydrogens (tertiary/aromatic N) is 3. The Balaban J connectivity index is 1.89. The summed E-state index contributed by atoms with van der Waals surface area (Å²) in [6.45, 7) is 1.96. The zero-order valence-electron chi connectivity index (χ0n) is 13.7. The van der Waals surface area contributed by atoms with Crippen LogP contribution in [0, 0.1) is 4.91 Å². The molecule has 2 atom stereocenters. The predicted octanol–water partition coefficient (Wildman–Crippen LogP) is 1.88. The van der Waals surface area contributed by atoms with E-state index in [1.807, 2.05) is 66.6 Å². The van der Waals surface area contributed by atoms with Crippen molar-refractivity contribution in [3.05, 3.63) is 87.9 Å². The Morgan fingerprint density at radius 3 is 2.92 bits per heavy atom. The molecule has 0 unspecified atom stereocenters. The van der Waals surface area contributed by atoms with Crippen molar-refractivity contribution in [1.82, 2.24) is 10.2 Å². The van der Waals surface area contributed by atoms with Crippen molar-refractivity contribution in [2.45, 2.75) is 18.6 Å². The molecule has 1 aromatic rings. The first-order valence-corrected chi connectivity index (χ1v) is 8.25. The quantitative estimate of drug-likeness (QED) is 0.770. The van der Waals surface area contributed by atoms with Crippen LogP contribution in [0.5, 0.6) is 0 Å². The molecule has 1 saturated heterocycles. The second-order valence-electron chi connectivity index (χ2n) is 6.55. The molecule has 0 radical (unpaired) electrons. The van der Waals surface area contributed by atoms with Crippen molar-refractivity contribution in [2.24, 2.45) is 4.99 Å². The Morgan fingerprint density at radius 1 is 1.36 bits per heavy atom. The number of hydrogen-bond acceptors (Lipinski definition) is 5. The van der Waals surface area contributed by atoms with Crippen molar-refractivity contribution >= 4 is 5.84 Å². The molecule has 0 bridgehead atoms. The molecule has 0 amide bonds. The molecule has 1 aliphatic carbocycles. The monoisotopic (exact) mass is 333 g/mol. The maximum atomic E-state index is 12.5. The number of hydrogen-bond donors (Lipinski definition) is 2. The zero-order chi connectivity index (χ0) is 17.2. The van der Waals surface area contributed by atoms with Crippen molar-refractivity contribution in [1.29, 1.82) is 0 Å². The van der Waals surface area contributed by atoms with E-state index in [0.717, 1.165) is 34.1 Å². The second-order valence-corrected chi connectivity index (χ2v) is 6.55. The van der Waals surface area contributed by atoms with E-state index in [-0.39, 0.29) is 6.67 Å². The van der Waals surface area contributed by atoms with Crippen molar-refractivity contribution in [3.63, 3.8) is 0 Å². The van der Waals surface area contributed by atoms with Gasteiger partial charge in [-0.3, -0.25) is 4.90 Å². The molecule has 2 N–H and O–H groups in total. The first kappa shape index (κ1) is 14.4. The van der Waals surface area contributed by atoms with Crippen molar-refractivity contribution < 1.29 is 9.87 Å². The molecule has 6 heteroatoms. The van der Waals surface area contributed by atoms with Crippen LogP contribution in [0.2, 0.25) is 0 Å². The molecular weight excluding hydrogens is 316 g/mol. The van der Waals surface area contributed by atoms with Crippen LogP contribution in [-0.4, -0.2) is 33.5 Å². The van der Waals surface area contributed by atoms with Gasteiger partial charge in [-0.2, -0.15) is 0 Å². The van der Waals surface area contributed by atoms with Crippen LogP contribution in [0.4, 0.5) is 0 Å². The Kier molecular flexibility index (Phi) is 2.74. The van der Waals surface area contributed by atoms with Gasteiger partial charge in [-0.05, 0) is 23.6 Å². The molecule has 25 heavy (non-hydrogen) atoms. The number of rotatable bonds is 1. The summed E-state index contributed by atoms with van der Waals surface area (Å²) in [6, 6.07) is 9.68. The molecule has 5 rings (SSSR count). The standard InChI is InChI=1S/C19H17N4O2/c1-12-21-17-16-19(14-7-3-2-4-8-14,18(24)23(25)11-20-16)15-9-5-6-13(15)10-22(12)17/h2-10,18,20,24H,11H2,1H3/q+1/t18-,19-/m0/s1. The van der Waals surface area contributed by atoms with Crippen LogP contribution < -0.4 is 5.32 Å². The summed E-state index contributed by atoms with van der Waals surface area (Å²) in [4.78, 5) is 19.1. The molecule has 6 nitrogen and oxygen atoms in total. The lowest BCUT2D eigenvalue weighted by Crippen LogP contribution is -2.59. The van der Waals surface area contributed by atoms with Gasteiger partial charge in [-0.25, -0.2) is 4.99 Å². The minimum Gasteiger partial charge on any atom is -0.333 e. The number of aliphatic hydroxyl groups excluding tert-OH is 1. The molecule has 1 aromatic carbocycles. The highest BCUT2D eigenvalue weighted by Crippen LogP contribution is 2.52. The highest BCUT2D eigenvalue weighted by atomic mass is 16.4. The Bertz CT molecular complexity index is 955. The smallest absolute Gasteiger partial charge is 0.324 e. The third-order valence-corrected chi connectivity index (χ3v) is 5.31. The van der Waals surface area contributed by atoms with Gasteiger partial charge in [0.05, 0.1) is 5.70 Å². The van der Waals surface area contributed by atoms with Crippen LogP contribution in [0.1, 0.15) is 12.5 Å². The SMILES string of the molecule is CC1=NC2=C3NC[N+](=O)[C@@H](O)[C@@]3(c3ccccc3)C3=CC=CC3=CN12. The summed E-state index contributed by atoms with van der Waals surface area (Å²) in [5.41, 5.74) is 2.50. The van der Waals surface area contributed by atoms with Crippen LogP contribution in [0.3, 0.4) is 0 Å². The van der Waals surface area contributed by atoms with Gasteiger partial charge in [0.15, 0.2) is 11.2 Å². The minimum absolute atomic E-state index is 0.0209. The Morgan fingerprint density at radius 2 is 2.16 bits per heavy atom. The van der Waals surface area contributed by atoms with Gasteiger partial charge < -0.3 is 10.4 Å². The summed E-state index contributed by atoms with van der Waals surface area (Å²) < 4.78 is 0.693. The highest BCUT2D eigenvalue weighted by Gasteiger charge is 2.61. The number of nitrogens with one attached hydrogen (secondary N) is 1. The molecule has 0 spiro atoms. The number of amidine groups is 1.